The van der Waals surface area contributed by atoms with E-state index in [-0.39, 0.29) is 43.4 Å². The van der Waals surface area contributed by atoms with Crippen molar-refractivity contribution in [3.8, 4) is 0 Å². The van der Waals surface area contributed by atoms with Crippen LogP contribution in [0.1, 0.15) is 18.5 Å². The van der Waals surface area contributed by atoms with Crippen molar-refractivity contribution >= 4 is 23.5 Å². The first-order valence-corrected chi connectivity index (χ1v) is 7.84. The zero-order valence-electron chi connectivity index (χ0n) is 13.6. The number of halogens is 3. The van der Waals surface area contributed by atoms with Crippen LogP contribution < -0.4 is 10.2 Å². The fourth-order valence-electron chi connectivity index (χ4n) is 3.38. The maximum Gasteiger partial charge on any atom is 0.433 e. The van der Waals surface area contributed by atoms with E-state index in [1.54, 1.807) is 4.90 Å². The molecule has 26 heavy (non-hydrogen) atoms. The van der Waals surface area contributed by atoms with Crippen molar-refractivity contribution in [2.24, 2.45) is 0 Å². The number of fused-ring (bicyclic) bond motifs is 1. The predicted molar refractivity (Wildman–Crippen MR) is 81.3 cm³/mol. The number of hydrogen-bond acceptors (Lipinski definition) is 6. The molecule has 0 aromatic carbocycles. The average Bonchev–Trinajstić information content (AvgIpc) is 3.14. The number of alkyl halides is 3. The number of imide groups is 1. The highest BCUT2D eigenvalue weighted by Crippen LogP contribution is 2.34. The Balaban J connectivity index is 1.65. The normalized spacial score (nSPS) is 20.3. The highest BCUT2D eigenvalue weighted by Gasteiger charge is 2.51. The van der Waals surface area contributed by atoms with E-state index < -0.39 is 23.4 Å². The molecule has 2 aromatic rings. The molecule has 2 aliphatic rings. The number of likely N-dealkylation sites (N-methyl/N-ethyl adjacent to an activating group) is 1. The number of carbonyl (C=O) groups is 2. The number of nitrogens with zero attached hydrogens (tertiary/aromatic N) is 6. The minimum Gasteiger partial charge on any atom is -0.356 e. The first kappa shape index (κ1) is 16.5. The van der Waals surface area contributed by atoms with Crippen LogP contribution in [0.2, 0.25) is 0 Å². The summed E-state index contributed by atoms with van der Waals surface area (Å²) in [5.41, 5.74) is -2.05. The van der Waals surface area contributed by atoms with Gasteiger partial charge in [0.25, 0.3) is 11.7 Å². The van der Waals surface area contributed by atoms with Crippen LogP contribution in [-0.4, -0.2) is 62.1 Å². The highest BCUT2D eigenvalue weighted by atomic mass is 19.4. The van der Waals surface area contributed by atoms with Gasteiger partial charge in [-0.25, -0.2) is 9.78 Å². The summed E-state index contributed by atoms with van der Waals surface area (Å²) < 4.78 is 40.6. The molecule has 0 aliphatic carbocycles. The van der Waals surface area contributed by atoms with Crippen LogP contribution in [0.3, 0.4) is 0 Å². The molecule has 0 unspecified atom stereocenters. The molecule has 0 radical (unpaired) electrons. The molecule has 4 rings (SSSR count). The Morgan fingerprint density at radius 2 is 1.92 bits per heavy atom. The van der Waals surface area contributed by atoms with E-state index in [1.807, 2.05) is 0 Å². The molecule has 0 atom stereocenters. The summed E-state index contributed by atoms with van der Waals surface area (Å²) in [6, 6.07) is 0.450. The number of piperidine rings is 1. The second-order valence-electron chi connectivity index (χ2n) is 6.33. The molecule has 3 amide bonds. The van der Waals surface area contributed by atoms with E-state index in [2.05, 4.69) is 20.4 Å². The Morgan fingerprint density at radius 1 is 1.23 bits per heavy atom. The quantitative estimate of drug-likeness (QED) is 0.742. The van der Waals surface area contributed by atoms with Crippen molar-refractivity contribution in [3.05, 3.63) is 18.1 Å². The van der Waals surface area contributed by atoms with Gasteiger partial charge in [-0.15, -0.1) is 0 Å². The number of nitrogens with one attached hydrogen (secondary N) is 1. The molecule has 2 fully saturated rings. The molecule has 4 heterocycles. The van der Waals surface area contributed by atoms with Crippen LogP contribution in [-0.2, 0) is 11.0 Å². The lowest BCUT2D eigenvalue weighted by atomic mass is 9.87. The summed E-state index contributed by atoms with van der Waals surface area (Å²) in [5.74, 6) is -0.279. The molecule has 0 bridgehead atoms. The number of amides is 3. The van der Waals surface area contributed by atoms with Gasteiger partial charge >= 0.3 is 12.2 Å². The fourth-order valence-corrected chi connectivity index (χ4v) is 3.38. The number of hydrogen-bond donors (Lipinski definition) is 1. The molecule has 12 heteroatoms. The largest absolute Gasteiger partial charge is 0.433 e. The van der Waals surface area contributed by atoms with Crippen LogP contribution in [0.25, 0.3) is 5.78 Å². The fraction of sp³-hybridized carbons (Fsp3) is 0.500. The van der Waals surface area contributed by atoms with Crippen molar-refractivity contribution in [2.75, 3.05) is 25.0 Å². The van der Waals surface area contributed by atoms with Crippen molar-refractivity contribution in [2.45, 2.75) is 24.6 Å². The predicted octanol–water partition coefficient (Wildman–Crippen LogP) is 0.664. The third-order valence-electron chi connectivity index (χ3n) is 4.83. The molecular weight excluding hydrogens is 355 g/mol. The Kier molecular flexibility index (Phi) is 3.36. The van der Waals surface area contributed by atoms with Gasteiger partial charge in [-0.2, -0.15) is 27.8 Å². The van der Waals surface area contributed by atoms with Crippen molar-refractivity contribution < 1.29 is 22.8 Å². The van der Waals surface area contributed by atoms with Gasteiger partial charge in [0, 0.05) is 26.2 Å². The van der Waals surface area contributed by atoms with Gasteiger partial charge in [-0.3, -0.25) is 9.69 Å². The van der Waals surface area contributed by atoms with Gasteiger partial charge in [-0.05, 0) is 12.8 Å². The monoisotopic (exact) mass is 369 g/mol. The first-order valence-electron chi connectivity index (χ1n) is 7.84. The zero-order valence-corrected chi connectivity index (χ0v) is 13.6. The minimum absolute atomic E-state index is 0.153. The molecule has 9 nitrogen and oxygen atoms in total. The Hall–Kier alpha value is -2.92. The topological polar surface area (TPSA) is 95.7 Å². The maximum absolute atomic E-state index is 13.1. The zero-order chi connectivity index (χ0) is 18.7. The maximum atomic E-state index is 13.1. The van der Waals surface area contributed by atoms with E-state index in [0.717, 1.165) is 17.3 Å². The van der Waals surface area contributed by atoms with E-state index >= 15 is 0 Å². The summed E-state index contributed by atoms with van der Waals surface area (Å²) in [7, 11) is 1.40. The van der Waals surface area contributed by atoms with Crippen LogP contribution in [0.15, 0.2) is 12.4 Å². The first-order chi connectivity index (χ1) is 12.2. The molecule has 0 saturated carbocycles. The minimum atomic E-state index is -4.61. The molecule has 2 aliphatic heterocycles. The lowest BCUT2D eigenvalue weighted by Gasteiger charge is -2.38. The lowest BCUT2D eigenvalue weighted by molar-refractivity contribution is -0.141. The molecule has 2 saturated heterocycles. The standard InChI is InChI=1S/C14H14F3N7O2/c1-22-10(25)13(21-12(22)26)2-4-23(5-3-13)9-6-8(14(15,16)17)20-11-18-7-19-24(9)11/h6-7H,2-5H2,1H3,(H,21,26). The van der Waals surface area contributed by atoms with E-state index in [0.29, 0.717) is 0 Å². The van der Waals surface area contributed by atoms with Crippen molar-refractivity contribution in [1.29, 1.82) is 0 Å². The average molecular weight is 369 g/mol. The number of rotatable bonds is 1. The SMILES string of the molecule is CN1C(=O)NC2(CCN(c3cc(C(F)(F)F)nc4ncnn34)CC2)C1=O. The molecule has 2 aromatic heterocycles. The summed E-state index contributed by atoms with van der Waals surface area (Å²) in [6.45, 7) is 0.548. The summed E-state index contributed by atoms with van der Waals surface area (Å²) in [5, 5.41) is 6.63. The van der Waals surface area contributed by atoms with Gasteiger partial charge in [0.1, 0.15) is 17.7 Å². The van der Waals surface area contributed by atoms with Gasteiger partial charge in [0.2, 0.25) is 0 Å². The summed E-state index contributed by atoms with van der Waals surface area (Å²) in [6.07, 6.45) is -2.92. The summed E-state index contributed by atoms with van der Waals surface area (Å²) in [4.78, 5) is 34.0. The van der Waals surface area contributed by atoms with Crippen LogP contribution >= 0.6 is 0 Å². The third-order valence-corrected chi connectivity index (χ3v) is 4.83. The van der Waals surface area contributed by atoms with Crippen LogP contribution in [0.5, 0.6) is 0 Å². The number of aromatic nitrogens is 4. The lowest BCUT2D eigenvalue weighted by Crippen LogP contribution is -2.55. The Bertz CT molecular complexity index is 902. The van der Waals surface area contributed by atoms with Crippen LogP contribution in [0, 0.1) is 0 Å². The number of urea groups is 1. The van der Waals surface area contributed by atoms with Crippen molar-refractivity contribution in [3.63, 3.8) is 0 Å². The second-order valence-corrected chi connectivity index (χ2v) is 6.33. The molecule has 1 spiro atoms. The number of carbonyl (C=O) groups excluding carboxylic acids is 2. The number of anilines is 1. The Morgan fingerprint density at radius 3 is 2.50 bits per heavy atom. The smallest absolute Gasteiger partial charge is 0.356 e. The highest BCUT2D eigenvalue weighted by molar-refractivity contribution is 6.06. The second kappa shape index (κ2) is 5.29. The van der Waals surface area contributed by atoms with Crippen molar-refractivity contribution in [1.82, 2.24) is 29.8 Å². The van der Waals surface area contributed by atoms with E-state index in [9.17, 15) is 22.8 Å². The van der Waals surface area contributed by atoms with Gasteiger partial charge < -0.3 is 10.2 Å². The van der Waals surface area contributed by atoms with Gasteiger partial charge in [0.15, 0.2) is 5.69 Å². The molecular formula is C14H14F3N7O2. The Labute approximate surface area is 144 Å². The van der Waals surface area contributed by atoms with E-state index in [1.165, 1.54) is 11.6 Å². The van der Waals surface area contributed by atoms with Gasteiger partial charge in [-0.1, -0.05) is 0 Å². The summed E-state index contributed by atoms with van der Waals surface area (Å²) >= 11 is 0. The van der Waals surface area contributed by atoms with Gasteiger partial charge in [0.05, 0.1) is 0 Å². The van der Waals surface area contributed by atoms with E-state index in [4.69, 9.17) is 0 Å². The van der Waals surface area contributed by atoms with Crippen LogP contribution in [0.4, 0.5) is 23.8 Å². The molecule has 1 N–H and O–H groups in total. The molecule has 138 valence electrons. The third kappa shape index (κ3) is 2.35.